The van der Waals surface area contributed by atoms with Crippen molar-refractivity contribution < 1.29 is 9.53 Å². The van der Waals surface area contributed by atoms with Gasteiger partial charge in [-0.05, 0) is 38.1 Å². The van der Waals surface area contributed by atoms with Gasteiger partial charge in [-0.15, -0.1) is 0 Å². The molecule has 1 N–H and O–H groups in total. The highest BCUT2D eigenvalue weighted by Crippen LogP contribution is 2.40. The minimum atomic E-state index is -0.459. The zero-order valence-electron chi connectivity index (χ0n) is 9.59. The Morgan fingerprint density at radius 1 is 1.57 bits per heavy atom. The average Bonchev–Trinajstić information content (AvgIpc) is 2.96. The molecule has 0 aromatic heterocycles. The number of nitrogens with one attached hydrogen (secondary N) is 1. The summed E-state index contributed by atoms with van der Waals surface area (Å²) in [7, 11) is 1.46. The summed E-state index contributed by atoms with van der Waals surface area (Å²) < 4.78 is 4.85. The van der Waals surface area contributed by atoms with E-state index in [2.05, 4.69) is 19.2 Å². The van der Waals surface area contributed by atoms with Gasteiger partial charge < -0.3 is 10.1 Å². The van der Waals surface area contributed by atoms with Gasteiger partial charge in [0, 0.05) is 0 Å². The maximum Gasteiger partial charge on any atom is 0.326 e. The van der Waals surface area contributed by atoms with Crippen LogP contribution in [-0.4, -0.2) is 25.2 Å². The van der Waals surface area contributed by atoms with Crippen molar-refractivity contribution in [3.63, 3.8) is 0 Å². The monoisotopic (exact) mass is 199 g/mol. The lowest BCUT2D eigenvalue weighted by molar-refractivity contribution is -0.149. The van der Waals surface area contributed by atoms with Crippen molar-refractivity contribution in [2.24, 2.45) is 11.8 Å². The highest BCUT2D eigenvalue weighted by Gasteiger charge is 2.47. The third-order valence-electron chi connectivity index (χ3n) is 2.88. The van der Waals surface area contributed by atoms with Crippen molar-refractivity contribution in [1.29, 1.82) is 0 Å². The molecule has 0 amide bonds. The van der Waals surface area contributed by atoms with Crippen LogP contribution in [0.2, 0.25) is 0 Å². The Labute approximate surface area is 86.2 Å². The van der Waals surface area contributed by atoms with Gasteiger partial charge in [-0.3, -0.25) is 4.79 Å². The molecule has 3 heteroatoms. The molecule has 82 valence electrons. The van der Waals surface area contributed by atoms with E-state index in [1.54, 1.807) is 0 Å². The van der Waals surface area contributed by atoms with Crippen LogP contribution in [0.4, 0.5) is 0 Å². The number of methoxy groups -OCH3 is 1. The van der Waals surface area contributed by atoms with Gasteiger partial charge in [0.2, 0.25) is 0 Å². The van der Waals surface area contributed by atoms with Gasteiger partial charge >= 0.3 is 5.97 Å². The van der Waals surface area contributed by atoms with Crippen molar-refractivity contribution in [2.45, 2.75) is 39.2 Å². The average molecular weight is 199 g/mol. The highest BCUT2D eigenvalue weighted by molar-refractivity contribution is 5.81. The summed E-state index contributed by atoms with van der Waals surface area (Å²) in [6.07, 6.45) is 2.27. The SMILES string of the molecule is COC(=O)C(C)(NCC(C)C)C1CC1. The summed E-state index contributed by atoms with van der Waals surface area (Å²) in [5, 5.41) is 3.33. The second-order valence-corrected chi connectivity index (χ2v) is 4.74. The molecule has 3 nitrogen and oxygen atoms in total. The lowest BCUT2D eigenvalue weighted by atomic mass is 9.95. The Hall–Kier alpha value is -0.570. The number of ether oxygens (including phenoxy) is 1. The molecule has 1 aliphatic carbocycles. The van der Waals surface area contributed by atoms with Crippen LogP contribution in [0.3, 0.4) is 0 Å². The molecular weight excluding hydrogens is 178 g/mol. The first-order chi connectivity index (χ1) is 6.50. The van der Waals surface area contributed by atoms with E-state index in [0.29, 0.717) is 11.8 Å². The topological polar surface area (TPSA) is 38.3 Å². The first-order valence-corrected chi connectivity index (χ1v) is 5.34. The third kappa shape index (κ3) is 2.47. The van der Waals surface area contributed by atoms with Crippen LogP contribution < -0.4 is 5.32 Å². The number of carbonyl (C=O) groups is 1. The molecule has 1 aliphatic rings. The Kier molecular flexibility index (Phi) is 3.53. The summed E-state index contributed by atoms with van der Waals surface area (Å²) >= 11 is 0. The molecule has 1 unspecified atom stereocenters. The molecule has 0 spiro atoms. The van der Waals surface area contributed by atoms with Crippen LogP contribution in [0.1, 0.15) is 33.6 Å². The normalized spacial score (nSPS) is 20.6. The number of carbonyl (C=O) groups excluding carboxylic acids is 1. The fourth-order valence-electron chi connectivity index (χ4n) is 1.67. The van der Waals surface area contributed by atoms with E-state index in [9.17, 15) is 4.79 Å². The fourth-order valence-corrected chi connectivity index (χ4v) is 1.67. The van der Waals surface area contributed by atoms with E-state index < -0.39 is 5.54 Å². The lowest BCUT2D eigenvalue weighted by Crippen LogP contribution is -2.53. The van der Waals surface area contributed by atoms with E-state index in [-0.39, 0.29) is 5.97 Å². The molecule has 1 saturated carbocycles. The lowest BCUT2D eigenvalue weighted by Gasteiger charge is -2.28. The second kappa shape index (κ2) is 4.30. The van der Waals surface area contributed by atoms with Crippen LogP contribution in [0.25, 0.3) is 0 Å². The van der Waals surface area contributed by atoms with Crippen LogP contribution >= 0.6 is 0 Å². The van der Waals surface area contributed by atoms with E-state index in [4.69, 9.17) is 4.74 Å². The van der Waals surface area contributed by atoms with Crippen molar-refractivity contribution in [3.8, 4) is 0 Å². The Balaban J connectivity index is 2.57. The maximum atomic E-state index is 11.6. The molecule has 1 fully saturated rings. The summed E-state index contributed by atoms with van der Waals surface area (Å²) in [4.78, 5) is 11.6. The fraction of sp³-hybridized carbons (Fsp3) is 0.909. The van der Waals surface area contributed by atoms with E-state index in [1.165, 1.54) is 7.11 Å². The van der Waals surface area contributed by atoms with Crippen molar-refractivity contribution >= 4 is 5.97 Å². The first kappa shape index (κ1) is 11.5. The predicted octanol–water partition coefficient (Wildman–Crippen LogP) is 1.57. The molecular formula is C11H21NO2. The molecule has 1 atom stereocenters. The third-order valence-corrected chi connectivity index (χ3v) is 2.88. The zero-order valence-corrected chi connectivity index (χ0v) is 9.59. The smallest absolute Gasteiger partial charge is 0.326 e. The molecule has 0 radical (unpaired) electrons. The summed E-state index contributed by atoms with van der Waals surface area (Å²) in [6, 6.07) is 0. The number of hydrogen-bond acceptors (Lipinski definition) is 3. The summed E-state index contributed by atoms with van der Waals surface area (Å²) in [5.74, 6) is 0.895. The van der Waals surface area contributed by atoms with Crippen LogP contribution in [0.5, 0.6) is 0 Å². The number of hydrogen-bond donors (Lipinski definition) is 1. The van der Waals surface area contributed by atoms with Gasteiger partial charge in [-0.2, -0.15) is 0 Å². The van der Waals surface area contributed by atoms with Gasteiger partial charge in [0.15, 0.2) is 0 Å². The van der Waals surface area contributed by atoms with Crippen LogP contribution in [0, 0.1) is 11.8 Å². The highest BCUT2D eigenvalue weighted by atomic mass is 16.5. The van der Waals surface area contributed by atoms with E-state index >= 15 is 0 Å². The largest absolute Gasteiger partial charge is 0.468 e. The molecule has 0 heterocycles. The van der Waals surface area contributed by atoms with Gasteiger partial charge in [-0.1, -0.05) is 13.8 Å². The van der Waals surface area contributed by atoms with E-state index in [1.807, 2.05) is 6.92 Å². The molecule has 14 heavy (non-hydrogen) atoms. The molecule has 0 aromatic rings. The Bertz CT molecular complexity index is 211. The van der Waals surface area contributed by atoms with Crippen molar-refractivity contribution in [2.75, 3.05) is 13.7 Å². The standard InChI is InChI=1S/C11H21NO2/c1-8(2)7-12-11(3,9-5-6-9)10(13)14-4/h8-9,12H,5-7H2,1-4H3. The number of esters is 1. The quantitative estimate of drug-likeness (QED) is 0.683. The molecule has 1 rings (SSSR count). The minimum absolute atomic E-state index is 0.124. The Morgan fingerprint density at radius 2 is 2.14 bits per heavy atom. The van der Waals surface area contributed by atoms with E-state index in [0.717, 1.165) is 19.4 Å². The molecule has 0 saturated heterocycles. The molecule has 0 bridgehead atoms. The second-order valence-electron chi connectivity index (χ2n) is 4.74. The van der Waals surface area contributed by atoms with Gasteiger partial charge in [0.05, 0.1) is 7.11 Å². The number of rotatable bonds is 5. The predicted molar refractivity (Wildman–Crippen MR) is 56.0 cm³/mol. The van der Waals surface area contributed by atoms with Crippen LogP contribution in [0.15, 0.2) is 0 Å². The summed E-state index contributed by atoms with van der Waals surface area (Å²) in [5.41, 5.74) is -0.459. The van der Waals surface area contributed by atoms with Gasteiger partial charge in [0.25, 0.3) is 0 Å². The van der Waals surface area contributed by atoms with Crippen molar-refractivity contribution in [1.82, 2.24) is 5.32 Å². The van der Waals surface area contributed by atoms with Crippen LogP contribution in [-0.2, 0) is 9.53 Å². The first-order valence-electron chi connectivity index (χ1n) is 5.34. The van der Waals surface area contributed by atoms with Crippen molar-refractivity contribution in [3.05, 3.63) is 0 Å². The molecule has 0 aliphatic heterocycles. The maximum absolute atomic E-state index is 11.6. The minimum Gasteiger partial charge on any atom is -0.468 e. The molecule has 0 aromatic carbocycles. The van der Waals surface area contributed by atoms with Gasteiger partial charge in [0.1, 0.15) is 5.54 Å². The zero-order chi connectivity index (χ0) is 10.8. The van der Waals surface area contributed by atoms with Gasteiger partial charge in [-0.25, -0.2) is 0 Å². The summed E-state index contributed by atoms with van der Waals surface area (Å²) in [6.45, 7) is 7.09. The Morgan fingerprint density at radius 3 is 2.50 bits per heavy atom.